The predicted octanol–water partition coefficient (Wildman–Crippen LogP) is 14.0. The van der Waals surface area contributed by atoms with Crippen LogP contribution in [-0.4, -0.2) is 52.2 Å². The summed E-state index contributed by atoms with van der Waals surface area (Å²) in [6.07, 6.45) is 1.50. The number of carbonyl (C=O) groups is 3. The lowest BCUT2D eigenvalue weighted by Crippen LogP contribution is -2.18. The van der Waals surface area contributed by atoms with E-state index in [1.807, 2.05) is 104 Å². The van der Waals surface area contributed by atoms with Gasteiger partial charge in [0.2, 0.25) is 0 Å². The minimum Gasteiger partial charge on any atom is -0.465 e. The number of methoxy groups -OCH3 is 2. The van der Waals surface area contributed by atoms with Gasteiger partial charge in [-0.1, -0.05) is 113 Å². The SMILES string of the molecule is COC(=O)c1cccc(Cc2nc3cc(C)c(-c4ccccc4)cc3o2)c1.COC(=O)c1cccc(Cc2nc3cc(C)c(Br)cc3o2)c1.Cc1cc2nc(Cc3cccc(C(=O)NO)c3)oc2cc1-c1ccccc1. The lowest BCUT2D eigenvalue weighted by molar-refractivity contribution is 0.0591. The number of esters is 2. The third-order valence-electron chi connectivity index (χ3n) is 12.5. The molecular formula is C62H51BrN4O9. The molecule has 0 saturated heterocycles. The molecule has 0 aliphatic carbocycles. The van der Waals surface area contributed by atoms with Gasteiger partial charge in [-0.2, -0.15) is 0 Å². The number of hydroxylamine groups is 1. The van der Waals surface area contributed by atoms with Gasteiger partial charge in [-0.25, -0.2) is 30.0 Å². The van der Waals surface area contributed by atoms with Gasteiger partial charge in [0, 0.05) is 29.3 Å². The summed E-state index contributed by atoms with van der Waals surface area (Å²) >= 11 is 3.49. The molecule has 3 heterocycles. The molecule has 0 aliphatic rings. The molecular weight excluding hydrogens is 1020 g/mol. The Hall–Kier alpha value is -8.98. The normalized spacial score (nSPS) is 10.9. The number of nitrogens with one attached hydrogen (secondary N) is 1. The number of halogens is 1. The van der Waals surface area contributed by atoms with Crippen LogP contribution in [0, 0.1) is 20.8 Å². The number of amides is 1. The van der Waals surface area contributed by atoms with Gasteiger partial charge in [0.05, 0.1) is 25.3 Å². The fraction of sp³-hybridized carbons (Fsp3) is 0.129. The highest BCUT2D eigenvalue weighted by Crippen LogP contribution is 2.31. The summed E-state index contributed by atoms with van der Waals surface area (Å²) in [7, 11) is 2.75. The molecule has 0 fully saturated rings. The summed E-state index contributed by atoms with van der Waals surface area (Å²) in [6, 6.07) is 54.0. The third kappa shape index (κ3) is 12.3. The van der Waals surface area contributed by atoms with E-state index in [0.717, 1.165) is 93.4 Å². The number of hydrogen-bond donors (Lipinski definition) is 2. The molecule has 0 aliphatic heterocycles. The van der Waals surface area contributed by atoms with Crippen LogP contribution < -0.4 is 5.48 Å². The molecule has 14 heteroatoms. The first-order valence-electron chi connectivity index (χ1n) is 24.2. The summed E-state index contributed by atoms with van der Waals surface area (Å²) in [6.45, 7) is 6.15. The molecule has 11 aromatic rings. The van der Waals surface area contributed by atoms with Crippen molar-refractivity contribution in [2.24, 2.45) is 0 Å². The molecule has 11 rings (SSSR count). The number of nitrogens with zero attached hydrogens (tertiary/aromatic N) is 3. The molecule has 0 unspecified atom stereocenters. The lowest BCUT2D eigenvalue weighted by atomic mass is 10.0. The molecule has 2 N–H and O–H groups in total. The summed E-state index contributed by atoms with van der Waals surface area (Å²) in [5.74, 6) is 0.580. The number of benzene rings is 8. The van der Waals surface area contributed by atoms with E-state index in [9.17, 15) is 14.4 Å². The van der Waals surface area contributed by atoms with Crippen LogP contribution in [0.4, 0.5) is 0 Å². The van der Waals surface area contributed by atoms with Crippen LogP contribution in [-0.2, 0) is 28.7 Å². The van der Waals surface area contributed by atoms with Crippen molar-refractivity contribution in [1.29, 1.82) is 0 Å². The van der Waals surface area contributed by atoms with Crippen LogP contribution in [0.5, 0.6) is 0 Å². The van der Waals surface area contributed by atoms with E-state index in [-0.39, 0.29) is 11.9 Å². The van der Waals surface area contributed by atoms with E-state index in [1.54, 1.807) is 47.9 Å². The van der Waals surface area contributed by atoms with Crippen LogP contribution in [0.3, 0.4) is 0 Å². The predicted molar refractivity (Wildman–Crippen MR) is 294 cm³/mol. The maximum atomic E-state index is 11.7. The number of carbonyl (C=O) groups excluding carboxylic acids is 3. The van der Waals surface area contributed by atoms with Gasteiger partial charge in [0.1, 0.15) is 16.6 Å². The number of aromatic nitrogens is 3. The molecule has 76 heavy (non-hydrogen) atoms. The number of hydrogen-bond acceptors (Lipinski definition) is 12. The van der Waals surface area contributed by atoms with Crippen molar-refractivity contribution in [3.63, 3.8) is 0 Å². The van der Waals surface area contributed by atoms with Crippen molar-refractivity contribution in [1.82, 2.24) is 20.4 Å². The summed E-state index contributed by atoms with van der Waals surface area (Å²) in [5, 5.41) is 8.78. The summed E-state index contributed by atoms with van der Waals surface area (Å²) in [4.78, 5) is 48.5. The maximum Gasteiger partial charge on any atom is 0.337 e. The molecule has 0 saturated carbocycles. The van der Waals surface area contributed by atoms with Crippen LogP contribution >= 0.6 is 15.9 Å². The van der Waals surface area contributed by atoms with E-state index in [2.05, 4.69) is 75.1 Å². The topological polar surface area (TPSA) is 180 Å². The Labute approximate surface area is 446 Å². The first-order chi connectivity index (χ1) is 36.8. The Morgan fingerprint density at radius 2 is 0.842 bits per heavy atom. The van der Waals surface area contributed by atoms with Crippen molar-refractivity contribution >= 4 is 67.1 Å². The van der Waals surface area contributed by atoms with Crippen LogP contribution in [0.15, 0.2) is 188 Å². The number of fused-ring (bicyclic) bond motifs is 3. The van der Waals surface area contributed by atoms with E-state index >= 15 is 0 Å². The average molecular weight is 1080 g/mol. The highest BCUT2D eigenvalue weighted by atomic mass is 79.9. The van der Waals surface area contributed by atoms with Crippen molar-refractivity contribution < 1.29 is 42.3 Å². The fourth-order valence-electron chi connectivity index (χ4n) is 8.70. The summed E-state index contributed by atoms with van der Waals surface area (Å²) < 4.78 is 28.2. The third-order valence-corrected chi connectivity index (χ3v) is 13.3. The molecule has 13 nitrogen and oxygen atoms in total. The highest BCUT2D eigenvalue weighted by Gasteiger charge is 2.16. The Morgan fingerprint density at radius 3 is 1.24 bits per heavy atom. The van der Waals surface area contributed by atoms with E-state index in [0.29, 0.717) is 53.6 Å². The molecule has 0 radical (unpaired) electrons. The first kappa shape index (κ1) is 51.9. The Balaban J connectivity index is 0.000000140. The van der Waals surface area contributed by atoms with Crippen molar-refractivity contribution in [2.45, 2.75) is 40.0 Å². The van der Waals surface area contributed by atoms with Crippen molar-refractivity contribution in [3.05, 3.63) is 242 Å². The smallest absolute Gasteiger partial charge is 0.337 e. The minimum atomic E-state index is -0.544. The monoisotopic (exact) mass is 1070 g/mol. The Kier molecular flexibility index (Phi) is 16.0. The highest BCUT2D eigenvalue weighted by molar-refractivity contribution is 9.10. The number of aryl methyl sites for hydroxylation is 3. The number of rotatable bonds is 11. The van der Waals surface area contributed by atoms with Gasteiger partial charge < -0.3 is 22.7 Å². The zero-order valence-electron chi connectivity index (χ0n) is 42.2. The van der Waals surface area contributed by atoms with Crippen LogP contribution in [0.25, 0.3) is 55.6 Å². The van der Waals surface area contributed by atoms with Crippen LogP contribution in [0.2, 0.25) is 0 Å². The summed E-state index contributed by atoms with van der Waals surface area (Å²) in [5.41, 5.74) is 18.5. The van der Waals surface area contributed by atoms with Gasteiger partial charge in [-0.15, -0.1) is 0 Å². The van der Waals surface area contributed by atoms with Crippen molar-refractivity contribution in [2.75, 3.05) is 14.2 Å². The standard InChI is InChI=1S/C23H19NO3.C22H18N2O3.C17H14BrNO3/c1-15-11-20-21(14-19(15)17-8-4-3-5-9-17)27-22(24-20)13-16-7-6-10-18(12-16)23(25)26-2;1-14-10-19-20(13-18(14)16-7-3-2-4-8-16)27-21(23-19)12-15-6-5-9-17(11-15)22(25)24-26;1-10-6-14-15(9-13(10)18)22-16(19-14)8-11-4-3-5-12(7-11)17(20)21-2/h3-12,14H,13H2,1-2H3;2-11,13,26H,12H2,1H3,(H,24,25);3-7,9H,8H2,1-2H3. The Morgan fingerprint density at radius 1 is 0.474 bits per heavy atom. The second-order valence-electron chi connectivity index (χ2n) is 17.9. The van der Waals surface area contributed by atoms with E-state index in [4.69, 9.17) is 27.9 Å². The molecule has 0 atom stereocenters. The molecule has 0 bridgehead atoms. The molecule has 0 spiro atoms. The lowest BCUT2D eigenvalue weighted by Gasteiger charge is -2.05. The van der Waals surface area contributed by atoms with Gasteiger partial charge in [0.15, 0.2) is 34.4 Å². The molecule has 3 aromatic heterocycles. The molecule has 380 valence electrons. The minimum absolute atomic E-state index is 0.348. The second-order valence-corrected chi connectivity index (χ2v) is 18.8. The maximum absolute atomic E-state index is 11.7. The molecule has 1 amide bonds. The largest absolute Gasteiger partial charge is 0.465 e. The quantitative estimate of drug-likeness (QED) is 0.0712. The van der Waals surface area contributed by atoms with E-state index < -0.39 is 5.91 Å². The zero-order valence-corrected chi connectivity index (χ0v) is 43.8. The van der Waals surface area contributed by atoms with Gasteiger partial charge in [-0.05, 0) is 149 Å². The molecule has 8 aromatic carbocycles. The van der Waals surface area contributed by atoms with Gasteiger partial charge >= 0.3 is 11.9 Å². The second kappa shape index (κ2) is 23.5. The van der Waals surface area contributed by atoms with Gasteiger partial charge in [0.25, 0.3) is 5.91 Å². The average Bonchev–Trinajstić information content (AvgIpc) is 4.15. The number of oxazole rings is 3. The Bertz CT molecular complexity index is 3660. The fourth-order valence-corrected chi connectivity index (χ4v) is 9.02. The van der Waals surface area contributed by atoms with Crippen LogP contribution in [0.1, 0.15) is 82.1 Å². The zero-order chi connectivity index (χ0) is 53.3. The number of ether oxygens (including phenoxy) is 2. The van der Waals surface area contributed by atoms with Crippen molar-refractivity contribution in [3.8, 4) is 22.3 Å². The first-order valence-corrected chi connectivity index (χ1v) is 25.0. The van der Waals surface area contributed by atoms with E-state index in [1.165, 1.54) is 14.2 Å². The van der Waals surface area contributed by atoms with Gasteiger partial charge in [-0.3, -0.25) is 10.0 Å².